The number of nitrogens with one attached hydrogen (secondary N) is 2. The van der Waals surface area contributed by atoms with Crippen LogP contribution < -0.4 is 10.6 Å². The van der Waals surface area contributed by atoms with Gasteiger partial charge in [-0.2, -0.15) is 0 Å². The van der Waals surface area contributed by atoms with E-state index in [0.717, 1.165) is 0 Å². The number of aliphatic carboxylic acids is 1. The van der Waals surface area contributed by atoms with E-state index < -0.39 is 17.9 Å². The van der Waals surface area contributed by atoms with E-state index in [1.807, 2.05) is 0 Å². The molecule has 0 bridgehead atoms. The number of carbonyl (C=O) groups is 2. The maximum atomic E-state index is 11.7. The van der Waals surface area contributed by atoms with Crippen molar-refractivity contribution in [1.82, 2.24) is 10.6 Å². The fourth-order valence-electron chi connectivity index (χ4n) is 2.05. The van der Waals surface area contributed by atoms with E-state index in [2.05, 4.69) is 38.3 Å². The molecule has 0 rings (SSSR count). The molecular formula is C14H28N2O3. The van der Waals surface area contributed by atoms with Gasteiger partial charge >= 0.3 is 12.0 Å². The van der Waals surface area contributed by atoms with Crippen molar-refractivity contribution in [3.05, 3.63) is 0 Å². The molecule has 2 atom stereocenters. The molecule has 2 unspecified atom stereocenters. The van der Waals surface area contributed by atoms with E-state index in [1.54, 1.807) is 13.8 Å². The molecule has 19 heavy (non-hydrogen) atoms. The summed E-state index contributed by atoms with van der Waals surface area (Å²) in [5, 5.41) is 14.3. The predicted octanol–water partition coefficient (Wildman–Crippen LogP) is 2.32. The zero-order valence-electron chi connectivity index (χ0n) is 12.9. The van der Waals surface area contributed by atoms with Crippen LogP contribution in [0.15, 0.2) is 0 Å². The summed E-state index contributed by atoms with van der Waals surface area (Å²) in [6.45, 7) is 12.4. The molecule has 0 heterocycles. The smallest absolute Gasteiger partial charge is 0.315 e. The SMILES string of the molecule is CC(C)C(CNC(=O)NC(C)C(C)C(=O)O)C(C)C. The van der Waals surface area contributed by atoms with Gasteiger partial charge in [0.2, 0.25) is 0 Å². The molecule has 5 heteroatoms. The van der Waals surface area contributed by atoms with Gasteiger partial charge in [-0.05, 0) is 31.6 Å². The van der Waals surface area contributed by atoms with Crippen LogP contribution in [0.25, 0.3) is 0 Å². The lowest BCUT2D eigenvalue weighted by molar-refractivity contribution is -0.141. The number of hydrogen-bond donors (Lipinski definition) is 3. The van der Waals surface area contributed by atoms with Gasteiger partial charge in [0.25, 0.3) is 0 Å². The van der Waals surface area contributed by atoms with E-state index in [1.165, 1.54) is 0 Å². The second kappa shape index (κ2) is 8.02. The average Bonchev–Trinajstić information content (AvgIpc) is 2.26. The minimum absolute atomic E-state index is 0.299. The van der Waals surface area contributed by atoms with Gasteiger partial charge in [-0.3, -0.25) is 4.79 Å². The molecule has 0 aromatic carbocycles. The highest BCUT2D eigenvalue weighted by atomic mass is 16.4. The first-order valence-electron chi connectivity index (χ1n) is 6.94. The van der Waals surface area contributed by atoms with Gasteiger partial charge < -0.3 is 15.7 Å². The molecule has 0 radical (unpaired) electrons. The molecule has 3 N–H and O–H groups in total. The second-order valence-electron chi connectivity index (χ2n) is 5.92. The van der Waals surface area contributed by atoms with E-state index in [4.69, 9.17) is 5.11 Å². The van der Waals surface area contributed by atoms with E-state index >= 15 is 0 Å². The third-order valence-corrected chi connectivity index (χ3v) is 3.71. The summed E-state index contributed by atoms with van der Waals surface area (Å²) in [6.07, 6.45) is 0. The lowest BCUT2D eigenvalue weighted by Gasteiger charge is -2.26. The topological polar surface area (TPSA) is 78.4 Å². The molecule has 0 aliphatic carbocycles. The summed E-state index contributed by atoms with van der Waals surface area (Å²) in [5.41, 5.74) is 0. The second-order valence-corrected chi connectivity index (χ2v) is 5.92. The molecule has 0 aliphatic rings. The Morgan fingerprint density at radius 1 is 1.00 bits per heavy atom. The molecule has 0 aromatic rings. The predicted molar refractivity (Wildman–Crippen MR) is 76.0 cm³/mol. The summed E-state index contributed by atoms with van der Waals surface area (Å²) >= 11 is 0. The first kappa shape index (κ1) is 17.7. The lowest BCUT2D eigenvalue weighted by atomic mass is 9.85. The van der Waals surface area contributed by atoms with Crippen LogP contribution in [-0.4, -0.2) is 29.7 Å². The Kier molecular flexibility index (Phi) is 7.49. The molecule has 0 spiro atoms. The van der Waals surface area contributed by atoms with Crippen LogP contribution >= 0.6 is 0 Å². The summed E-state index contributed by atoms with van der Waals surface area (Å²) in [6, 6.07) is -0.694. The van der Waals surface area contributed by atoms with Crippen LogP contribution in [0, 0.1) is 23.7 Å². The maximum Gasteiger partial charge on any atom is 0.315 e. The zero-order chi connectivity index (χ0) is 15.2. The van der Waals surface area contributed by atoms with Crippen LogP contribution in [0.1, 0.15) is 41.5 Å². The molecule has 2 amide bonds. The van der Waals surface area contributed by atoms with Crippen molar-refractivity contribution in [2.75, 3.05) is 6.54 Å². The number of carboxylic acid groups (broad SMARTS) is 1. The molecule has 0 fully saturated rings. The largest absolute Gasteiger partial charge is 0.481 e. The molecule has 5 nitrogen and oxygen atoms in total. The van der Waals surface area contributed by atoms with Gasteiger partial charge in [-0.15, -0.1) is 0 Å². The van der Waals surface area contributed by atoms with Gasteiger partial charge in [-0.25, -0.2) is 4.79 Å². The Balaban J connectivity index is 4.21. The number of hydrogen-bond acceptors (Lipinski definition) is 2. The fraction of sp³-hybridized carbons (Fsp3) is 0.857. The normalized spacial score (nSPS) is 14.6. The van der Waals surface area contributed by atoms with Gasteiger partial charge in [0.1, 0.15) is 0 Å². The highest BCUT2D eigenvalue weighted by Gasteiger charge is 2.22. The zero-order valence-corrected chi connectivity index (χ0v) is 12.9. The number of carboxylic acids is 1. The molecule has 0 saturated heterocycles. The average molecular weight is 272 g/mol. The Hall–Kier alpha value is -1.26. The monoisotopic (exact) mass is 272 g/mol. The van der Waals surface area contributed by atoms with Crippen molar-refractivity contribution in [2.45, 2.75) is 47.6 Å². The van der Waals surface area contributed by atoms with Crippen molar-refractivity contribution >= 4 is 12.0 Å². The number of rotatable bonds is 7. The van der Waals surface area contributed by atoms with Crippen molar-refractivity contribution < 1.29 is 14.7 Å². The standard InChI is InChI=1S/C14H28N2O3/c1-8(2)12(9(3)4)7-15-14(19)16-11(6)10(5)13(17)18/h8-12H,7H2,1-6H3,(H,17,18)(H2,15,16,19). The Morgan fingerprint density at radius 3 is 1.84 bits per heavy atom. The van der Waals surface area contributed by atoms with Crippen molar-refractivity contribution in [1.29, 1.82) is 0 Å². The Bertz CT molecular complexity index is 295. The van der Waals surface area contributed by atoms with Crippen LogP contribution in [0.5, 0.6) is 0 Å². The first-order valence-corrected chi connectivity index (χ1v) is 6.94. The Labute approximate surface area is 116 Å². The molecule has 0 aromatic heterocycles. The number of urea groups is 1. The highest BCUT2D eigenvalue weighted by molar-refractivity contribution is 5.76. The summed E-state index contributed by atoms with van der Waals surface area (Å²) in [5.74, 6) is -0.101. The van der Waals surface area contributed by atoms with Gasteiger partial charge in [0.15, 0.2) is 0 Å². The minimum atomic E-state index is -0.907. The minimum Gasteiger partial charge on any atom is -0.481 e. The number of amides is 2. The number of carbonyl (C=O) groups excluding carboxylic acids is 1. The van der Waals surface area contributed by atoms with Crippen LogP contribution in [0.4, 0.5) is 4.79 Å². The summed E-state index contributed by atoms with van der Waals surface area (Å²) < 4.78 is 0. The van der Waals surface area contributed by atoms with Crippen LogP contribution in [0.2, 0.25) is 0 Å². The Morgan fingerprint density at radius 2 is 1.47 bits per heavy atom. The van der Waals surface area contributed by atoms with E-state index in [0.29, 0.717) is 24.3 Å². The summed E-state index contributed by atoms with van der Waals surface area (Å²) in [7, 11) is 0. The lowest BCUT2D eigenvalue weighted by Crippen LogP contribution is -2.47. The maximum absolute atomic E-state index is 11.7. The molecule has 0 aliphatic heterocycles. The quantitative estimate of drug-likeness (QED) is 0.665. The first-order chi connectivity index (χ1) is 8.66. The van der Waals surface area contributed by atoms with Crippen molar-refractivity contribution in [2.24, 2.45) is 23.7 Å². The van der Waals surface area contributed by atoms with Gasteiger partial charge in [0, 0.05) is 12.6 Å². The molecule has 0 saturated carbocycles. The van der Waals surface area contributed by atoms with Gasteiger partial charge in [0.05, 0.1) is 5.92 Å². The third kappa shape index (κ3) is 6.45. The van der Waals surface area contributed by atoms with Crippen molar-refractivity contribution in [3.63, 3.8) is 0 Å². The molecule has 112 valence electrons. The van der Waals surface area contributed by atoms with E-state index in [9.17, 15) is 9.59 Å². The molecular weight excluding hydrogens is 244 g/mol. The van der Waals surface area contributed by atoms with Crippen LogP contribution in [-0.2, 0) is 4.79 Å². The fourth-order valence-corrected chi connectivity index (χ4v) is 2.05. The van der Waals surface area contributed by atoms with Gasteiger partial charge in [-0.1, -0.05) is 27.7 Å². The highest BCUT2D eigenvalue weighted by Crippen LogP contribution is 2.19. The summed E-state index contributed by atoms with van der Waals surface area (Å²) in [4.78, 5) is 22.5. The van der Waals surface area contributed by atoms with E-state index in [-0.39, 0.29) is 6.03 Å². The van der Waals surface area contributed by atoms with Crippen LogP contribution in [0.3, 0.4) is 0 Å². The van der Waals surface area contributed by atoms with Crippen molar-refractivity contribution in [3.8, 4) is 0 Å². The third-order valence-electron chi connectivity index (χ3n) is 3.71.